The average molecular weight is 389 g/mol. The van der Waals surface area contributed by atoms with Crippen LogP contribution in [0.2, 0.25) is 0 Å². The highest BCUT2D eigenvalue weighted by Crippen LogP contribution is 2.34. The number of halogens is 1. The van der Waals surface area contributed by atoms with Crippen LogP contribution in [0.15, 0.2) is 72.5 Å². The van der Waals surface area contributed by atoms with Crippen LogP contribution < -0.4 is 14.4 Å². The van der Waals surface area contributed by atoms with Crippen molar-refractivity contribution >= 4 is 15.7 Å². The Kier molecular flexibility index (Phi) is 5.46. The first kappa shape index (κ1) is 19.3. The van der Waals surface area contributed by atoms with E-state index in [1.807, 2.05) is 12.2 Å². The molecule has 2 aromatic rings. The van der Waals surface area contributed by atoms with E-state index in [0.29, 0.717) is 23.7 Å². The molecule has 7 heteroatoms. The zero-order valence-corrected chi connectivity index (χ0v) is 15.8. The predicted molar refractivity (Wildman–Crippen MR) is 105 cm³/mol. The molecule has 1 unspecified atom stereocenters. The third-order valence-electron chi connectivity index (χ3n) is 4.50. The third-order valence-corrected chi connectivity index (χ3v) is 6.69. The molecular formula is C20H22FN2O3S+. The van der Waals surface area contributed by atoms with Gasteiger partial charge in [0.25, 0.3) is 0 Å². The second-order valence-corrected chi connectivity index (χ2v) is 8.60. The Hall–Kier alpha value is -2.48. The van der Waals surface area contributed by atoms with Crippen LogP contribution in [0.5, 0.6) is 11.5 Å². The maximum absolute atomic E-state index is 13.0. The summed E-state index contributed by atoms with van der Waals surface area (Å²) in [6.07, 6.45) is 5.39. The second kappa shape index (κ2) is 7.64. The van der Waals surface area contributed by atoms with Crippen LogP contribution in [0.1, 0.15) is 6.92 Å². The summed E-state index contributed by atoms with van der Waals surface area (Å²) >= 11 is 0. The molecule has 5 nitrogen and oxygen atoms in total. The molecule has 1 atom stereocenters. The molecule has 0 amide bonds. The topological polar surface area (TPSA) is 69.4 Å². The number of hydrogen-bond donors (Lipinski definition) is 1. The molecule has 0 fully saturated rings. The highest BCUT2D eigenvalue weighted by Gasteiger charge is 2.42. The molecule has 142 valence electrons. The van der Waals surface area contributed by atoms with Crippen molar-refractivity contribution < 1.29 is 17.5 Å². The Balaban J connectivity index is 1.96. The molecule has 1 heterocycles. The summed E-state index contributed by atoms with van der Waals surface area (Å²) in [6, 6.07) is 12.6. The van der Waals surface area contributed by atoms with Crippen LogP contribution in [0, 0.1) is 5.82 Å². The Labute approximate surface area is 158 Å². The third kappa shape index (κ3) is 3.80. The van der Waals surface area contributed by atoms with E-state index in [0.717, 1.165) is 5.57 Å². The standard InChI is InChI=1S/C20H22FN2O3S/c1-2-27(24,25)23(13-3-4-16(14-22)15-23)18-7-11-20(12-8-18)26-19-9-5-17(21)6-10-19/h3-12,15H,2,13-14,22H2,1H3/q+1. The summed E-state index contributed by atoms with van der Waals surface area (Å²) in [5.74, 6) is 0.700. The van der Waals surface area contributed by atoms with Crippen LogP contribution in [0.3, 0.4) is 0 Å². The van der Waals surface area contributed by atoms with Gasteiger partial charge in [0, 0.05) is 24.3 Å². The number of hydrogen-bond acceptors (Lipinski definition) is 4. The zero-order chi connectivity index (χ0) is 19.5. The summed E-state index contributed by atoms with van der Waals surface area (Å²) in [4.78, 5) is 0. The van der Waals surface area contributed by atoms with Crippen molar-refractivity contribution in [2.24, 2.45) is 5.73 Å². The molecular weight excluding hydrogens is 367 g/mol. The number of rotatable bonds is 6. The van der Waals surface area contributed by atoms with Gasteiger partial charge in [-0.1, -0.05) is 6.08 Å². The van der Waals surface area contributed by atoms with Gasteiger partial charge < -0.3 is 10.5 Å². The molecule has 0 aromatic heterocycles. The minimum Gasteiger partial charge on any atom is -0.457 e. The number of ether oxygens (including phenoxy) is 1. The van der Waals surface area contributed by atoms with Gasteiger partial charge in [-0.3, -0.25) is 0 Å². The summed E-state index contributed by atoms with van der Waals surface area (Å²) < 4.78 is 44.3. The summed E-state index contributed by atoms with van der Waals surface area (Å²) in [5.41, 5.74) is 7.12. The Morgan fingerprint density at radius 2 is 1.67 bits per heavy atom. The van der Waals surface area contributed by atoms with E-state index in [1.165, 1.54) is 24.3 Å². The van der Waals surface area contributed by atoms with Crippen molar-refractivity contribution in [2.75, 3.05) is 18.8 Å². The van der Waals surface area contributed by atoms with Crippen LogP contribution in [0.4, 0.5) is 10.1 Å². The number of quaternary nitrogens is 1. The Bertz CT molecular complexity index is 967. The molecule has 1 aliphatic heterocycles. The minimum absolute atomic E-state index is 0.00300. The van der Waals surface area contributed by atoms with Gasteiger partial charge in [-0.2, -0.15) is 12.3 Å². The molecule has 0 saturated heterocycles. The molecule has 2 N–H and O–H groups in total. The maximum Gasteiger partial charge on any atom is 0.306 e. The van der Waals surface area contributed by atoms with Gasteiger partial charge in [0.2, 0.25) is 0 Å². The molecule has 0 bridgehead atoms. The van der Waals surface area contributed by atoms with Gasteiger partial charge >= 0.3 is 10.0 Å². The van der Waals surface area contributed by atoms with Gasteiger partial charge in [0.15, 0.2) is 5.69 Å². The summed E-state index contributed by atoms with van der Waals surface area (Å²) in [5, 5.41) is 0. The van der Waals surface area contributed by atoms with Gasteiger partial charge in [0.1, 0.15) is 30.1 Å². The molecule has 27 heavy (non-hydrogen) atoms. The molecule has 0 radical (unpaired) electrons. The minimum atomic E-state index is -3.48. The van der Waals surface area contributed by atoms with Crippen molar-refractivity contribution in [3.63, 3.8) is 0 Å². The van der Waals surface area contributed by atoms with E-state index < -0.39 is 10.0 Å². The van der Waals surface area contributed by atoms with E-state index >= 15 is 0 Å². The predicted octanol–water partition coefficient (Wildman–Crippen LogP) is 3.69. The summed E-state index contributed by atoms with van der Waals surface area (Å²) in [6.45, 7) is 2.20. The first-order valence-electron chi connectivity index (χ1n) is 8.63. The fourth-order valence-electron chi connectivity index (χ4n) is 3.02. The van der Waals surface area contributed by atoms with Crippen molar-refractivity contribution in [3.05, 3.63) is 78.3 Å². The molecule has 1 aliphatic rings. The van der Waals surface area contributed by atoms with Gasteiger partial charge in [0.05, 0.1) is 5.75 Å². The lowest BCUT2D eigenvalue weighted by molar-refractivity contribution is 0.479. The number of nitrogens with two attached hydrogens (primary N) is 1. The van der Waals surface area contributed by atoms with E-state index in [-0.39, 0.29) is 22.0 Å². The van der Waals surface area contributed by atoms with Gasteiger partial charge in [-0.15, -0.1) is 0 Å². The highest BCUT2D eigenvalue weighted by molar-refractivity contribution is 7.91. The number of benzene rings is 2. The van der Waals surface area contributed by atoms with E-state index in [4.69, 9.17) is 10.5 Å². The Morgan fingerprint density at radius 1 is 1.07 bits per heavy atom. The summed E-state index contributed by atoms with van der Waals surface area (Å²) in [7, 11) is -3.48. The fourth-order valence-corrected chi connectivity index (χ4v) is 4.53. The quantitative estimate of drug-likeness (QED) is 0.765. The van der Waals surface area contributed by atoms with Crippen LogP contribution in [0.25, 0.3) is 0 Å². The highest BCUT2D eigenvalue weighted by atomic mass is 32.2. The maximum atomic E-state index is 13.0. The second-order valence-electron chi connectivity index (χ2n) is 6.21. The van der Waals surface area contributed by atoms with Crippen LogP contribution >= 0.6 is 0 Å². The molecule has 3 rings (SSSR count). The lowest BCUT2D eigenvalue weighted by Gasteiger charge is -2.34. The lowest BCUT2D eigenvalue weighted by atomic mass is 10.2. The van der Waals surface area contributed by atoms with Gasteiger partial charge in [-0.25, -0.2) is 4.39 Å². The normalized spacial score (nSPS) is 19.6. The monoisotopic (exact) mass is 389 g/mol. The van der Waals surface area contributed by atoms with Crippen molar-refractivity contribution in [3.8, 4) is 11.5 Å². The van der Waals surface area contributed by atoms with Crippen LogP contribution in [-0.4, -0.2) is 27.3 Å². The largest absolute Gasteiger partial charge is 0.457 e. The van der Waals surface area contributed by atoms with Crippen molar-refractivity contribution in [2.45, 2.75) is 6.92 Å². The first-order chi connectivity index (χ1) is 12.9. The molecule has 0 spiro atoms. The zero-order valence-electron chi connectivity index (χ0n) is 15.0. The van der Waals surface area contributed by atoms with Crippen molar-refractivity contribution in [1.29, 1.82) is 0 Å². The van der Waals surface area contributed by atoms with E-state index in [1.54, 1.807) is 37.4 Å². The number of nitrogens with zero attached hydrogens (tertiary/aromatic N) is 1. The molecule has 0 aliphatic carbocycles. The van der Waals surface area contributed by atoms with Crippen molar-refractivity contribution in [1.82, 2.24) is 3.89 Å². The smallest absolute Gasteiger partial charge is 0.306 e. The van der Waals surface area contributed by atoms with E-state index in [9.17, 15) is 12.8 Å². The lowest BCUT2D eigenvalue weighted by Crippen LogP contribution is -2.51. The Morgan fingerprint density at radius 3 is 2.22 bits per heavy atom. The van der Waals surface area contributed by atoms with E-state index in [2.05, 4.69) is 0 Å². The SMILES string of the molecule is CCS(=O)(=O)[N+]1(c2ccc(Oc3ccc(F)cc3)cc2)C=C(CN)C=CC1. The van der Waals surface area contributed by atoms with Crippen LogP contribution in [-0.2, 0) is 10.0 Å². The first-order valence-corrected chi connectivity index (χ1v) is 10.2. The molecule has 2 aromatic carbocycles. The van der Waals surface area contributed by atoms with Gasteiger partial charge in [-0.05, 0) is 49.4 Å². The molecule has 0 saturated carbocycles. The average Bonchev–Trinajstić information content (AvgIpc) is 2.70. The fraction of sp³-hybridized carbons (Fsp3) is 0.200. The number of sulfonamides is 1.